The lowest BCUT2D eigenvalue weighted by Crippen LogP contribution is -2.39. The Kier molecular flexibility index (Phi) is 4.67. The molecule has 3 N–H and O–H groups in total. The molecule has 6 nitrogen and oxygen atoms in total. The van der Waals surface area contributed by atoms with Crippen LogP contribution in [0.4, 0.5) is 11.4 Å². The van der Waals surface area contributed by atoms with Crippen molar-refractivity contribution < 1.29 is 14.7 Å². The Hall–Kier alpha value is -2.08. The minimum Gasteiger partial charge on any atom is -0.480 e. The molecule has 0 heterocycles. The average Bonchev–Trinajstić information content (AvgIpc) is 2.35. The molecule has 1 amide bonds. The maximum absolute atomic E-state index is 11.6. The van der Waals surface area contributed by atoms with Crippen molar-refractivity contribution in [2.24, 2.45) is 5.73 Å². The number of carboxylic acids is 1. The van der Waals surface area contributed by atoms with Crippen molar-refractivity contribution in [1.29, 1.82) is 0 Å². The number of carbonyl (C=O) groups is 2. The van der Waals surface area contributed by atoms with Gasteiger partial charge in [-0.3, -0.25) is 9.59 Å². The molecule has 18 heavy (non-hydrogen) atoms. The van der Waals surface area contributed by atoms with Crippen molar-refractivity contribution in [2.75, 3.05) is 37.0 Å². The van der Waals surface area contributed by atoms with Gasteiger partial charge in [-0.2, -0.15) is 0 Å². The molecule has 0 atom stereocenters. The Labute approximate surface area is 106 Å². The highest BCUT2D eigenvalue weighted by Gasteiger charge is 2.17. The molecule has 6 heteroatoms. The number of carboxylic acid groups (broad SMARTS) is 1. The molecule has 0 bridgehead atoms. The highest BCUT2D eigenvalue weighted by molar-refractivity contribution is 5.98. The molecule has 98 valence electrons. The number of anilines is 2. The molecule has 0 saturated heterocycles. The average molecular weight is 251 g/mol. The number of hydrogen-bond acceptors (Lipinski definition) is 4. The van der Waals surface area contributed by atoms with Crippen molar-refractivity contribution in [1.82, 2.24) is 0 Å². The molecule has 0 saturated carbocycles. The van der Waals surface area contributed by atoms with Crippen molar-refractivity contribution in [3.63, 3.8) is 0 Å². The molecule has 1 aromatic rings. The molecule has 1 aromatic carbocycles. The lowest BCUT2D eigenvalue weighted by Gasteiger charge is -2.21. The first-order valence-electron chi connectivity index (χ1n) is 5.45. The Bertz CT molecular complexity index is 429. The summed E-state index contributed by atoms with van der Waals surface area (Å²) in [6, 6.07) is 7.03. The van der Waals surface area contributed by atoms with Crippen molar-refractivity contribution in [2.45, 2.75) is 0 Å². The summed E-state index contributed by atoms with van der Waals surface area (Å²) in [6.45, 7) is -0.611. The quantitative estimate of drug-likeness (QED) is 0.776. The zero-order valence-corrected chi connectivity index (χ0v) is 10.5. The zero-order valence-electron chi connectivity index (χ0n) is 10.5. The van der Waals surface area contributed by atoms with Crippen LogP contribution < -0.4 is 15.5 Å². The monoisotopic (exact) mass is 251 g/mol. The molecule has 0 spiro atoms. The summed E-state index contributed by atoms with van der Waals surface area (Å²) in [6.07, 6.45) is 0. The lowest BCUT2D eigenvalue weighted by molar-refractivity contribution is -0.136. The molecule has 0 aliphatic rings. The Morgan fingerprint density at radius 1 is 1.17 bits per heavy atom. The largest absolute Gasteiger partial charge is 0.480 e. The van der Waals surface area contributed by atoms with Crippen LogP contribution in [0, 0.1) is 0 Å². The Balaban J connectivity index is 2.98. The second kappa shape index (κ2) is 6.02. The molecule has 0 aliphatic carbocycles. The predicted molar refractivity (Wildman–Crippen MR) is 69.8 cm³/mol. The molecule has 0 radical (unpaired) electrons. The topological polar surface area (TPSA) is 86.9 Å². The third kappa shape index (κ3) is 3.46. The Morgan fingerprint density at radius 3 is 2.06 bits per heavy atom. The number of aliphatic carboxylic acids is 1. The van der Waals surface area contributed by atoms with E-state index in [0.717, 1.165) is 10.6 Å². The van der Waals surface area contributed by atoms with Crippen LogP contribution in [0.5, 0.6) is 0 Å². The third-order valence-electron chi connectivity index (χ3n) is 2.45. The number of nitrogens with two attached hydrogens (primary N) is 1. The summed E-state index contributed by atoms with van der Waals surface area (Å²) in [4.78, 5) is 25.4. The van der Waals surface area contributed by atoms with E-state index in [9.17, 15) is 9.59 Å². The van der Waals surface area contributed by atoms with Gasteiger partial charge < -0.3 is 20.6 Å². The lowest BCUT2D eigenvalue weighted by atomic mass is 10.2. The van der Waals surface area contributed by atoms with E-state index in [-0.39, 0.29) is 6.54 Å². The van der Waals surface area contributed by atoms with Gasteiger partial charge in [0.05, 0.1) is 6.54 Å². The van der Waals surface area contributed by atoms with E-state index in [1.165, 1.54) is 0 Å². The first-order chi connectivity index (χ1) is 8.45. The van der Waals surface area contributed by atoms with E-state index < -0.39 is 18.4 Å². The molecular formula is C12H17N3O3. The third-order valence-corrected chi connectivity index (χ3v) is 2.45. The van der Waals surface area contributed by atoms with E-state index in [0.29, 0.717) is 5.69 Å². The van der Waals surface area contributed by atoms with Gasteiger partial charge in [-0.25, -0.2) is 0 Å². The highest BCUT2D eigenvalue weighted by Crippen LogP contribution is 2.19. The number of benzene rings is 1. The first kappa shape index (κ1) is 14.0. The fraction of sp³-hybridized carbons (Fsp3) is 0.333. The number of nitrogens with zero attached hydrogens (tertiary/aromatic N) is 2. The maximum atomic E-state index is 11.6. The van der Waals surface area contributed by atoms with E-state index in [4.69, 9.17) is 10.8 Å². The van der Waals surface area contributed by atoms with Crippen LogP contribution in [0.25, 0.3) is 0 Å². The normalized spacial score (nSPS) is 9.94. The van der Waals surface area contributed by atoms with Crippen molar-refractivity contribution in [3.8, 4) is 0 Å². The summed E-state index contributed by atoms with van der Waals surface area (Å²) in [5.41, 5.74) is 6.76. The van der Waals surface area contributed by atoms with Crippen LogP contribution >= 0.6 is 0 Å². The standard InChI is InChI=1S/C12H17N3O3/c1-14(2)9-3-5-10(6-4-9)15(8-12(17)18)11(16)7-13/h3-6H,7-8,13H2,1-2H3,(H,17,18). The van der Waals surface area contributed by atoms with Gasteiger partial charge >= 0.3 is 5.97 Å². The Morgan fingerprint density at radius 2 is 1.67 bits per heavy atom. The maximum Gasteiger partial charge on any atom is 0.323 e. The van der Waals surface area contributed by atoms with Gasteiger partial charge in [-0.05, 0) is 24.3 Å². The summed E-state index contributed by atoms with van der Waals surface area (Å²) in [5, 5.41) is 8.79. The van der Waals surface area contributed by atoms with Crippen molar-refractivity contribution >= 4 is 23.3 Å². The second-order valence-corrected chi connectivity index (χ2v) is 3.99. The summed E-state index contributed by atoms with van der Waals surface area (Å²) in [7, 11) is 3.80. The van der Waals surface area contributed by atoms with Gasteiger partial charge in [-0.1, -0.05) is 0 Å². The van der Waals surface area contributed by atoms with Gasteiger partial charge in [0.15, 0.2) is 0 Å². The minimum atomic E-state index is -1.08. The van der Waals surface area contributed by atoms with E-state index >= 15 is 0 Å². The van der Waals surface area contributed by atoms with Crippen LogP contribution in [0.2, 0.25) is 0 Å². The van der Waals surface area contributed by atoms with Gasteiger partial charge in [0.1, 0.15) is 6.54 Å². The molecule has 0 unspecified atom stereocenters. The molecular weight excluding hydrogens is 234 g/mol. The van der Waals surface area contributed by atoms with Crippen LogP contribution in [0.1, 0.15) is 0 Å². The molecule has 0 fully saturated rings. The number of rotatable bonds is 5. The number of amides is 1. The van der Waals surface area contributed by atoms with Crippen LogP contribution in [0.3, 0.4) is 0 Å². The summed E-state index contributed by atoms with van der Waals surface area (Å²) < 4.78 is 0. The molecule has 1 rings (SSSR count). The van der Waals surface area contributed by atoms with Crippen LogP contribution in [0.15, 0.2) is 24.3 Å². The summed E-state index contributed by atoms with van der Waals surface area (Å²) in [5.74, 6) is -1.50. The molecule has 0 aromatic heterocycles. The number of hydrogen-bond donors (Lipinski definition) is 2. The fourth-order valence-corrected chi connectivity index (χ4v) is 1.50. The van der Waals surface area contributed by atoms with E-state index in [1.807, 2.05) is 31.1 Å². The smallest absolute Gasteiger partial charge is 0.323 e. The van der Waals surface area contributed by atoms with Crippen LogP contribution in [-0.2, 0) is 9.59 Å². The van der Waals surface area contributed by atoms with E-state index in [1.54, 1.807) is 12.1 Å². The second-order valence-electron chi connectivity index (χ2n) is 3.99. The number of carbonyl (C=O) groups excluding carboxylic acids is 1. The first-order valence-corrected chi connectivity index (χ1v) is 5.45. The SMILES string of the molecule is CN(C)c1ccc(N(CC(=O)O)C(=O)CN)cc1. The van der Waals surface area contributed by atoms with Gasteiger partial charge in [-0.15, -0.1) is 0 Å². The van der Waals surface area contributed by atoms with Gasteiger partial charge in [0.2, 0.25) is 5.91 Å². The van der Waals surface area contributed by atoms with E-state index in [2.05, 4.69) is 0 Å². The van der Waals surface area contributed by atoms with Crippen LogP contribution in [-0.4, -0.2) is 44.2 Å². The fourth-order valence-electron chi connectivity index (χ4n) is 1.50. The van der Waals surface area contributed by atoms with Gasteiger partial charge in [0.25, 0.3) is 0 Å². The van der Waals surface area contributed by atoms with Gasteiger partial charge in [0, 0.05) is 25.5 Å². The highest BCUT2D eigenvalue weighted by atomic mass is 16.4. The summed E-state index contributed by atoms with van der Waals surface area (Å²) >= 11 is 0. The zero-order chi connectivity index (χ0) is 13.7. The predicted octanol–water partition coefficient (Wildman–Crippen LogP) is 0.129. The van der Waals surface area contributed by atoms with Crippen molar-refractivity contribution in [3.05, 3.63) is 24.3 Å². The minimum absolute atomic E-state index is 0.220. The molecule has 0 aliphatic heterocycles.